The van der Waals surface area contributed by atoms with Gasteiger partial charge in [0, 0.05) is 30.6 Å². The zero-order valence-electron chi connectivity index (χ0n) is 14.2. The van der Waals surface area contributed by atoms with E-state index >= 15 is 0 Å². The summed E-state index contributed by atoms with van der Waals surface area (Å²) in [4.78, 5) is 31.5. The number of amides is 1. The van der Waals surface area contributed by atoms with Crippen molar-refractivity contribution in [3.63, 3.8) is 0 Å². The van der Waals surface area contributed by atoms with Crippen LogP contribution < -0.4 is 11.0 Å². The van der Waals surface area contributed by atoms with Crippen LogP contribution in [0.3, 0.4) is 0 Å². The first-order chi connectivity index (χ1) is 13.1. The highest BCUT2D eigenvalue weighted by Crippen LogP contribution is 2.20. The molecule has 0 unspecified atom stereocenters. The van der Waals surface area contributed by atoms with Crippen LogP contribution in [-0.2, 0) is 6.54 Å². The smallest absolute Gasteiger partial charge is 0.331 e. The Bertz CT molecular complexity index is 1180. The van der Waals surface area contributed by atoms with E-state index in [1.165, 1.54) is 16.7 Å². The van der Waals surface area contributed by atoms with E-state index in [0.29, 0.717) is 28.8 Å². The molecule has 3 N–H and O–H groups in total. The van der Waals surface area contributed by atoms with Gasteiger partial charge in [0.25, 0.3) is 5.91 Å². The Morgan fingerprint density at radius 2 is 2.04 bits per heavy atom. The van der Waals surface area contributed by atoms with Crippen molar-refractivity contribution in [3.8, 4) is 11.4 Å². The van der Waals surface area contributed by atoms with Crippen LogP contribution >= 0.6 is 0 Å². The molecule has 0 aliphatic heterocycles. The lowest BCUT2D eigenvalue weighted by atomic mass is 10.1. The van der Waals surface area contributed by atoms with Crippen molar-refractivity contribution in [2.75, 3.05) is 0 Å². The molecule has 0 fully saturated rings. The second-order valence-electron chi connectivity index (χ2n) is 6.06. The molecule has 4 aromatic rings. The van der Waals surface area contributed by atoms with Crippen molar-refractivity contribution in [1.29, 1.82) is 0 Å². The molecule has 27 heavy (non-hydrogen) atoms. The van der Waals surface area contributed by atoms with Crippen molar-refractivity contribution in [2.24, 2.45) is 0 Å². The molecular weight excluding hydrogens is 344 g/mol. The molecule has 2 aromatic carbocycles. The normalized spacial score (nSPS) is 10.8. The number of aromatic amines is 1. The number of imidazole rings is 1. The Morgan fingerprint density at radius 1 is 1.15 bits per heavy atom. The van der Waals surface area contributed by atoms with Gasteiger partial charge >= 0.3 is 5.69 Å². The van der Waals surface area contributed by atoms with Gasteiger partial charge in [-0.25, -0.2) is 4.79 Å². The van der Waals surface area contributed by atoms with Gasteiger partial charge in [0.1, 0.15) is 5.75 Å². The van der Waals surface area contributed by atoms with Crippen LogP contribution in [0.2, 0.25) is 0 Å². The number of phenols is 1. The third-order valence-electron chi connectivity index (χ3n) is 4.21. The summed E-state index contributed by atoms with van der Waals surface area (Å²) < 4.78 is 1.45. The maximum Gasteiger partial charge on any atom is 0.331 e. The van der Waals surface area contributed by atoms with Gasteiger partial charge < -0.3 is 15.4 Å². The van der Waals surface area contributed by atoms with E-state index in [0.717, 1.165) is 5.56 Å². The SMILES string of the molecule is O=C(NCc1cccnc1)c1ccc2c(c1)[nH]c(=O)n2-c1cccc(O)c1. The Balaban J connectivity index is 1.63. The Hall–Kier alpha value is -3.87. The van der Waals surface area contributed by atoms with Gasteiger partial charge in [-0.05, 0) is 42.0 Å². The number of H-pyrrole nitrogens is 1. The zero-order chi connectivity index (χ0) is 18.8. The first-order valence-electron chi connectivity index (χ1n) is 8.33. The van der Waals surface area contributed by atoms with Crippen molar-refractivity contribution in [3.05, 3.63) is 88.6 Å². The van der Waals surface area contributed by atoms with E-state index in [9.17, 15) is 14.7 Å². The molecule has 2 heterocycles. The van der Waals surface area contributed by atoms with Crippen LogP contribution in [-0.4, -0.2) is 25.5 Å². The largest absolute Gasteiger partial charge is 0.508 e. The number of hydrogen-bond acceptors (Lipinski definition) is 4. The number of hydrogen-bond donors (Lipinski definition) is 3. The molecular formula is C20H16N4O3. The Kier molecular flexibility index (Phi) is 4.18. The molecule has 0 radical (unpaired) electrons. The summed E-state index contributed by atoms with van der Waals surface area (Å²) in [6.45, 7) is 0.367. The molecule has 0 spiro atoms. The summed E-state index contributed by atoms with van der Waals surface area (Å²) >= 11 is 0. The number of rotatable bonds is 4. The second-order valence-corrected chi connectivity index (χ2v) is 6.06. The molecule has 0 aliphatic carbocycles. The molecule has 0 aliphatic rings. The first kappa shape index (κ1) is 16.6. The van der Waals surface area contributed by atoms with Gasteiger partial charge in [0.05, 0.1) is 16.7 Å². The minimum absolute atomic E-state index is 0.0696. The predicted octanol–water partition coefficient (Wildman–Crippen LogP) is 2.35. The van der Waals surface area contributed by atoms with Crippen LogP contribution in [0.1, 0.15) is 15.9 Å². The number of fused-ring (bicyclic) bond motifs is 1. The summed E-state index contributed by atoms with van der Waals surface area (Å²) in [6, 6.07) is 15.1. The molecule has 1 amide bonds. The van der Waals surface area contributed by atoms with Gasteiger partial charge in [-0.15, -0.1) is 0 Å². The number of pyridine rings is 1. The monoisotopic (exact) mass is 360 g/mol. The Labute approximate surface area is 153 Å². The number of carbonyl (C=O) groups excluding carboxylic acids is 1. The minimum Gasteiger partial charge on any atom is -0.508 e. The molecule has 0 saturated heterocycles. The third-order valence-corrected chi connectivity index (χ3v) is 4.21. The number of carbonyl (C=O) groups is 1. The standard InChI is InChI=1S/C20H16N4O3/c25-16-5-1-4-15(10-16)24-18-7-6-14(9-17(18)23-20(24)27)19(26)22-12-13-3-2-8-21-11-13/h1-11,25H,12H2,(H,22,26)(H,23,27). The highest BCUT2D eigenvalue weighted by atomic mass is 16.3. The molecule has 0 saturated carbocycles. The Morgan fingerprint density at radius 3 is 2.81 bits per heavy atom. The average Bonchev–Trinajstić information content (AvgIpc) is 3.01. The average molecular weight is 360 g/mol. The molecule has 134 valence electrons. The number of benzene rings is 2. The number of nitrogens with one attached hydrogen (secondary N) is 2. The molecule has 7 nitrogen and oxygen atoms in total. The van der Waals surface area contributed by atoms with E-state index < -0.39 is 0 Å². The van der Waals surface area contributed by atoms with Crippen molar-refractivity contribution in [1.82, 2.24) is 19.9 Å². The van der Waals surface area contributed by atoms with Crippen LogP contribution in [0.5, 0.6) is 5.75 Å². The molecule has 0 atom stereocenters. The van der Waals surface area contributed by atoms with Crippen molar-refractivity contribution < 1.29 is 9.90 Å². The van der Waals surface area contributed by atoms with E-state index in [4.69, 9.17) is 0 Å². The van der Waals surface area contributed by atoms with Crippen LogP contribution in [0.4, 0.5) is 0 Å². The number of phenolic OH excluding ortho intramolecular Hbond substituents is 1. The zero-order valence-corrected chi connectivity index (χ0v) is 14.2. The molecule has 7 heteroatoms. The summed E-state index contributed by atoms with van der Waals surface area (Å²) in [7, 11) is 0. The lowest BCUT2D eigenvalue weighted by Gasteiger charge is -2.06. The number of aromatic hydroxyl groups is 1. The minimum atomic E-state index is -0.344. The summed E-state index contributed by atoms with van der Waals surface area (Å²) in [5.74, 6) is -0.174. The number of nitrogens with zero attached hydrogens (tertiary/aromatic N) is 2. The fraction of sp³-hybridized carbons (Fsp3) is 0.0500. The lowest BCUT2D eigenvalue weighted by Crippen LogP contribution is -2.22. The fourth-order valence-corrected chi connectivity index (χ4v) is 2.93. The molecule has 0 bridgehead atoms. The first-order valence-corrected chi connectivity index (χ1v) is 8.33. The maximum absolute atomic E-state index is 12.4. The topological polar surface area (TPSA) is 100 Å². The van der Waals surface area contributed by atoms with Gasteiger partial charge in [-0.1, -0.05) is 12.1 Å². The van der Waals surface area contributed by atoms with E-state index in [2.05, 4.69) is 15.3 Å². The van der Waals surface area contributed by atoms with Gasteiger partial charge in [-0.3, -0.25) is 14.3 Å². The molecule has 2 aromatic heterocycles. The van der Waals surface area contributed by atoms with E-state index in [1.807, 2.05) is 12.1 Å². The summed E-state index contributed by atoms with van der Waals surface area (Å²) in [6.07, 6.45) is 3.36. The number of aromatic nitrogens is 3. The third kappa shape index (κ3) is 3.30. The quantitative estimate of drug-likeness (QED) is 0.520. The van der Waals surface area contributed by atoms with E-state index in [-0.39, 0.29) is 17.3 Å². The summed E-state index contributed by atoms with van der Waals surface area (Å²) in [5.41, 5.74) is 2.70. The highest BCUT2D eigenvalue weighted by molar-refractivity contribution is 5.97. The molecule has 4 rings (SSSR count). The van der Waals surface area contributed by atoms with Crippen LogP contribution in [0, 0.1) is 0 Å². The second kappa shape index (κ2) is 6.80. The van der Waals surface area contributed by atoms with Crippen molar-refractivity contribution in [2.45, 2.75) is 6.54 Å². The van der Waals surface area contributed by atoms with Crippen LogP contribution in [0.15, 0.2) is 71.8 Å². The van der Waals surface area contributed by atoms with Gasteiger partial charge in [0.15, 0.2) is 0 Å². The summed E-state index contributed by atoms with van der Waals surface area (Å²) in [5, 5.41) is 12.5. The van der Waals surface area contributed by atoms with Gasteiger partial charge in [-0.2, -0.15) is 0 Å². The predicted molar refractivity (Wildman–Crippen MR) is 101 cm³/mol. The lowest BCUT2D eigenvalue weighted by molar-refractivity contribution is 0.0951. The highest BCUT2D eigenvalue weighted by Gasteiger charge is 2.12. The van der Waals surface area contributed by atoms with E-state index in [1.54, 1.807) is 42.7 Å². The van der Waals surface area contributed by atoms with Crippen molar-refractivity contribution >= 4 is 16.9 Å². The fourth-order valence-electron chi connectivity index (χ4n) is 2.93. The maximum atomic E-state index is 12.4. The van der Waals surface area contributed by atoms with Crippen LogP contribution in [0.25, 0.3) is 16.7 Å². The van der Waals surface area contributed by atoms with Gasteiger partial charge in [0.2, 0.25) is 0 Å².